The molecule has 0 fully saturated rings. The van der Waals surface area contributed by atoms with E-state index < -0.39 is 34.3 Å². The number of aliphatic hydroxyl groups excluding tert-OH is 2. The number of sulfone groups is 1. The third kappa shape index (κ3) is 3.42. The number of carboxylic acid groups (broad SMARTS) is 1. The fourth-order valence-electron chi connectivity index (χ4n) is 1.27. The summed E-state index contributed by atoms with van der Waals surface area (Å²) in [5, 5.41) is 26.4. The van der Waals surface area contributed by atoms with Crippen LogP contribution < -0.4 is 0 Å². The van der Waals surface area contributed by atoms with E-state index >= 15 is 0 Å². The molecule has 1 aromatic rings. The smallest absolute Gasteiger partial charge is 0.335 e. The Hall–Kier alpha value is -1.15. The van der Waals surface area contributed by atoms with Gasteiger partial charge in [0.2, 0.25) is 0 Å². The summed E-state index contributed by atoms with van der Waals surface area (Å²) >= 11 is 5.70. The third-order valence-corrected chi connectivity index (χ3v) is 4.41. The predicted molar refractivity (Wildman–Crippen MR) is 63.6 cm³/mol. The van der Waals surface area contributed by atoms with E-state index in [9.17, 15) is 13.2 Å². The largest absolute Gasteiger partial charge is 0.478 e. The van der Waals surface area contributed by atoms with Crippen molar-refractivity contribution in [1.29, 1.82) is 0 Å². The van der Waals surface area contributed by atoms with Crippen molar-refractivity contribution < 1.29 is 28.5 Å². The molecule has 3 N–H and O–H groups in total. The Bertz CT molecular complexity index is 553. The Kier molecular flexibility index (Phi) is 4.69. The summed E-state index contributed by atoms with van der Waals surface area (Å²) in [6, 6.07) is 3.25. The van der Waals surface area contributed by atoms with Crippen molar-refractivity contribution in [3.8, 4) is 0 Å². The predicted octanol–water partition coefficient (Wildman–Crippen LogP) is 0.165. The number of hydrogen-bond donors (Lipinski definition) is 3. The van der Waals surface area contributed by atoms with E-state index in [1.807, 2.05) is 0 Å². The lowest BCUT2D eigenvalue weighted by Crippen LogP contribution is -2.24. The third-order valence-electron chi connectivity index (χ3n) is 2.14. The Morgan fingerprint density at radius 2 is 2.00 bits per heavy atom. The minimum absolute atomic E-state index is 0.134. The quantitative estimate of drug-likeness (QED) is 0.713. The second-order valence-electron chi connectivity index (χ2n) is 3.57. The number of aromatic carboxylic acids is 1. The molecule has 100 valence electrons. The van der Waals surface area contributed by atoms with Crippen LogP contribution in [0.2, 0.25) is 5.02 Å². The molecule has 0 amide bonds. The van der Waals surface area contributed by atoms with Crippen LogP contribution in [0, 0.1) is 0 Å². The van der Waals surface area contributed by atoms with Crippen LogP contribution in [0.4, 0.5) is 0 Å². The van der Waals surface area contributed by atoms with E-state index in [2.05, 4.69) is 0 Å². The van der Waals surface area contributed by atoms with Gasteiger partial charge in [-0.15, -0.1) is 0 Å². The maximum absolute atomic E-state index is 11.8. The first kappa shape index (κ1) is 14.9. The fraction of sp³-hybridized carbons (Fsp3) is 0.300. The lowest BCUT2D eigenvalue weighted by atomic mass is 10.2. The summed E-state index contributed by atoms with van der Waals surface area (Å²) in [5.74, 6) is -2.02. The van der Waals surface area contributed by atoms with Gasteiger partial charge in [-0.1, -0.05) is 11.6 Å². The van der Waals surface area contributed by atoms with Crippen LogP contribution in [-0.2, 0) is 9.84 Å². The number of rotatable bonds is 5. The normalized spacial score (nSPS) is 13.3. The molecule has 1 aromatic carbocycles. The van der Waals surface area contributed by atoms with Gasteiger partial charge in [0.1, 0.15) is 0 Å². The maximum atomic E-state index is 11.8. The summed E-state index contributed by atoms with van der Waals surface area (Å²) < 4.78 is 23.7. The van der Waals surface area contributed by atoms with Gasteiger partial charge in [-0.05, 0) is 18.2 Å². The highest BCUT2D eigenvalue weighted by Gasteiger charge is 2.23. The molecular weight excluding hydrogens is 284 g/mol. The van der Waals surface area contributed by atoms with Gasteiger partial charge in [-0.2, -0.15) is 0 Å². The van der Waals surface area contributed by atoms with E-state index in [0.29, 0.717) is 0 Å². The van der Waals surface area contributed by atoms with E-state index in [1.54, 1.807) is 0 Å². The van der Waals surface area contributed by atoms with Gasteiger partial charge in [-0.3, -0.25) is 0 Å². The highest BCUT2D eigenvalue weighted by Crippen LogP contribution is 2.24. The van der Waals surface area contributed by atoms with Crippen molar-refractivity contribution in [2.45, 2.75) is 11.0 Å². The molecule has 1 unspecified atom stereocenters. The lowest BCUT2D eigenvalue weighted by molar-refractivity contribution is 0.0696. The monoisotopic (exact) mass is 294 g/mol. The minimum Gasteiger partial charge on any atom is -0.478 e. The van der Waals surface area contributed by atoms with Crippen molar-refractivity contribution in [1.82, 2.24) is 0 Å². The van der Waals surface area contributed by atoms with Crippen LogP contribution in [0.5, 0.6) is 0 Å². The summed E-state index contributed by atoms with van der Waals surface area (Å²) in [6.45, 7) is -0.713. The molecule has 18 heavy (non-hydrogen) atoms. The summed E-state index contributed by atoms with van der Waals surface area (Å²) in [6.07, 6.45) is -1.44. The first-order chi connectivity index (χ1) is 8.27. The Labute approximate surface area is 108 Å². The highest BCUT2D eigenvalue weighted by molar-refractivity contribution is 7.91. The molecule has 0 saturated carbocycles. The second-order valence-corrected chi connectivity index (χ2v) is 5.98. The van der Waals surface area contributed by atoms with Crippen LogP contribution in [-0.4, -0.2) is 48.2 Å². The van der Waals surface area contributed by atoms with Gasteiger partial charge < -0.3 is 15.3 Å². The van der Waals surface area contributed by atoms with E-state index in [0.717, 1.165) is 12.1 Å². The number of aliphatic hydroxyl groups is 2. The Morgan fingerprint density at radius 1 is 1.39 bits per heavy atom. The number of halogens is 1. The summed E-state index contributed by atoms with van der Waals surface area (Å²) in [7, 11) is -3.96. The fourth-order valence-corrected chi connectivity index (χ4v) is 3.20. The van der Waals surface area contributed by atoms with Crippen LogP contribution in [0.1, 0.15) is 10.4 Å². The highest BCUT2D eigenvalue weighted by atomic mass is 35.5. The Balaban J connectivity index is 3.23. The molecule has 0 aliphatic heterocycles. The zero-order chi connectivity index (χ0) is 13.9. The molecular formula is C10H11ClO6S. The maximum Gasteiger partial charge on any atom is 0.335 e. The van der Waals surface area contributed by atoms with Gasteiger partial charge in [0.05, 0.1) is 33.9 Å². The van der Waals surface area contributed by atoms with Crippen LogP contribution >= 0.6 is 11.6 Å². The van der Waals surface area contributed by atoms with Gasteiger partial charge in [-0.25, -0.2) is 13.2 Å². The first-order valence-corrected chi connectivity index (χ1v) is 6.85. The van der Waals surface area contributed by atoms with Gasteiger partial charge >= 0.3 is 5.97 Å². The minimum atomic E-state index is -3.96. The number of carbonyl (C=O) groups is 1. The first-order valence-electron chi connectivity index (χ1n) is 4.82. The molecule has 0 aliphatic carbocycles. The molecule has 0 aromatic heterocycles. The molecule has 0 heterocycles. The van der Waals surface area contributed by atoms with Crippen molar-refractivity contribution in [3.05, 3.63) is 28.8 Å². The number of hydrogen-bond acceptors (Lipinski definition) is 5. The lowest BCUT2D eigenvalue weighted by Gasteiger charge is -2.10. The van der Waals surface area contributed by atoms with E-state index in [4.69, 9.17) is 26.9 Å². The molecule has 6 nitrogen and oxygen atoms in total. The number of carboxylic acids is 1. The van der Waals surface area contributed by atoms with Gasteiger partial charge in [0.25, 0.3) is 0 Å². The van der Waals surface area contributed by atoms with Crippen LogP contribution in [0.25, 0.3) is 0 Å². The Morgan fingerprint density at radius 3 is 2.50 bits per heavy atom. The van der Waals surface area contributed by atoms with Crippen molar-refractivity contribution in [3.63, 3.8) is 0 Å². The van der Waals surface area contributed by atoms with Crippen molar-refractivity contribution in [2.24, 2.45) is 0 Å². The summed E-state index contributed by atoms with van der Waals surface area (Å²) in [5.41, 5.74) is -0.225. The molecule has 0 saturated heterocycles. The van der Waals surface area contributed by atoms with Crippen molar-refractivity contribution >= 4 is 27.4 Å². The van der Waals surface area contributed by atoms with Gasteiger partial charge in [0.15, 0.2) is 9.84 Å². The van der Waals surface area contributed by atoms with E-state index in [1.165, 1.54) is 6.07 Å². The topological polar surface area (TPSA) is 112 Å². The standard InChI is InChI=1S/C10H11ClO6S/c11-8-2-1-6(10(14)15)3-9(8)18(16,17)5-7(13)4-12/h1-3,7,12-13H,4-5H2,(H,14,15). The molecule has 1 rings (SSSR count). The van der Waals surface area contributed by atoms with Crippen molar-refractivity contribution in [2.75, 3.05) is 12.4 Å². The van der Waals surface area contributed by atoms with Gasteiger partial charge in [0, 0.05) is 0 Å². The summed E-state index contributed by atoms with van der Waals surface area (Å²) in [4.78, 5) is 10.4. The zero-order valence-corrected chi connectivity index (χ0v) is 10.6. The zero-order valence-electron chi connectivity index (χ0n) is 9.08. The molecule has 0 aliphatic rings. The average molecular weight is 295 g/mol. The second kappa shape index (κ2) is 5.66. The van der Waals surface area contributed by atoms with Crippen LogP contribution in [0.15, 0.2) is 23.1 Å². The molecule has 8 heteroatoms. The SMILES string of the molecule is O=C(O)c1ccc(Cl)c(S(=O)(=O)CC(O)CO)c1. The van der Waals surface area contributed by atoms with E-state index in [-0.39, 0.29) is 15.5 Å². The average Bonchev–Trinajstić information content (AvgIpc) is 2.28. The molecule has 1 atom stereocenters. The molecule has 0 bridgehead atoms. The number of benzene rings is 1. The molecule has 0 radical (unpaired) electrons. The molecule has 0 spiro atoms. The van der Waals surface area contributed by atoms with Crippen LogP contribution in [0.3, 0.4) is 0 Å².